The molecule has 0 aliphatic rings. The van der Waals surface area contributed by atoms with Crippen LogP contribution in [0.5, 0.6) is 0 Å². The van der Waals surface area contributed by atoms with Gasteiger partial charge < -0.3 is 36.6 Å². The smallest absolute Gasteiger partial charge is 0.774 e. The first-order chi connectivity index (χ1) is 2.94. The fourth-order valence-corrected chi connectivity index (χ4v) is 0. The summed E-state index contributed by atoms with van der Waals surface area (Å²) in [5, 5.41) is 9.08. The van der Waals surface area contributed by atoms with Gasteiger partial charge in [-0.3, -0.25) is 0 Å². The molecule has 7 nitrogen and oxygen atoms in total. The third-order valence-corrected chi connectivity index (χ3v) is 0.692. The molecule has 9 heteroatoms. The Balaban J connectivity index is -0.0000000600. The Morgan fingerprint density at radius 3 is 1.50 bits per heavy atom. The molecule has 0 saturated carbocycles. The van der Waals surface area contributed by atoms with Gasteiger partial charge in [-0.2, -0.15) is 0 Å². The van der Waals surface area contributed by atoms with Crippen molar-refractivity contribution < 1.29 is 45.3 Å². The number of nitrogens with two attached hydrogens (primary N) is 2. The second kappa shape index (κ2) is 7.34. The number of hydrogen-bond acceptors (Lipinski definition) is 4. The van der Waals surface area contributed by atoms with Crippen LogP contribution >= 0.6 is 7.60 Å². The second-order valence-corrected chi connectivity index (χ2v) is 2.19. The van der Waals surface area contributed by atoms with Crippen LogP contribution in [0.4, 0.5) is 4.79 Å². The van der Waals surface area contributed by atoms with Crippen LogP contribution in [0.2, 0.25) is 0 Å². The van der Waals surface area contributed by atoms with Crippen molar-refractivity contribution in [1.82, 2.24) is 0 Å². The summed E-state index contributed by atoms with van der Waals surface area (Å²) in [6.45, 7) is 0. The molecule has 5 N–H and O–H groups in total. The van der Waals surface area contributed by atoms with E-state index in [-0.39, 0.29) is 33.4 Å². The molecule has 0 amide bonds. The monoisotopic (exact) mass is 351 g/mol. The first kappa shape index (κ1) is 22.5. The molecule has 0 radical (unpaired) electrons. The molecular formula is CH5N2O5PPt. The first-order valence-electron chi connectivity index (χ1n) is 1.20. The van der Waals surface area contributed by atoms with E-state index in [1.165, 1.54) is 0 Å². The van der Waals surface area contributed by atoms with Crippen molar-refractivity contribution in [2.75, 3.05) is 0 Å². The van der Waals surface area contributed by atoms with Gasteiger partial charge in [-0.1, -0.05) is 0 Å². The molecule has 0 aliphatic carbocycles. The van der Waals surface area contributed by atoms with Crippen molar-refractivity contribution in [1.29, 1.82) is 0 Å². The van der Waals surface area contributed by atoms with Gasteiger partial charge in [0.05, 0.1) is 0 Å². The minimum absolute atomic E-state index is 0. The quantitative estimate of drug-likeness (QED) is 0.616. The van der Waals surface area contributed by atoms with Crippen molar-refractivity contribution in [3.63, 3.8) is 0 Å². The molecule has 1 atom stereocenters. The molecular weight excluding hydrogens is 346 g/mol. The number of carbonyl (C=O) groups excluding carboxylic acids is 1. The van der Waals surface area contributed by atoms with Crippen molar-refractivity contribution >= 4 is 13.3 Å². The zero-order valence-corrected chi connectivity index (χ0v) is 7.66. The van der Waals surface area contributed by atoms with Crippen LogP contribution in [-0.2, 0) is 25.6 Å². The largest absolute Gasteiger partial charge is 4.00 e. The Bertz CT molecular complexity index is 132. The first-order valence-corrected chi connectivity index (χ1v) is 2.77. The second-order valence-electron chi connectivity index (χ2n) is 0.786. The molecule has 0 aromatic carbocycles. The van der Waals surface area contributed by atoms with Crippen LogP contribution in [0.1, 0.15) is 0 Å². The fraction of sp³-hybridized carbons (Fsp3) is 0. The van der Waals surface area contributed by atoms with Crippen LogP contribution in [0.3, 0.4) is 0 Å². The summed E-state index contributed by atoms with van der Waals surface area (Å²) in [6.07, 6.45) is 0. The molecule has 1 unspecified atom stereocenters. The third-order valence-electron chi connectivity index (χ3n) is 0.231. The van der Waals surface area contributed by atoms with Gasteiger partial charge in [0, 0.05) is 0 Å². The predicted molar refractivity (Wildman–Crippen MR) is 25.8 cm³/mol. The van der Waals surface area contributed by atoms with E-state index >= 15 is 0 Å². The van der Waals surface area contributed by atoms with Crippen molar-refractivity contribution in [3.8, 4) is 0 Å². The van der Waals surface area contributed by atoms with Crippen molar-refractivity contribution in [2.45, 2.75) is 0 Å². The maximum atomic E-state index is 9.25. The molecule has 0 heterocycles. The summed E-state index contributed by atoms with van der Waals surface area (Å²) in [5.41, 5.74) is -2.45. The molecule has 0 aromatic heterocycles. The summed E-state index contributed by atoms with van der Waals surface area (Å²) in [6, 6.07) is 0. The van der Waals surface area contributed by atoms with E-state index in [0.717, 1.165) is 0 Å². The van der Waals surface area contributed by atoms with E-state index in [1.807, 2.05) is 0 Å². The average Bonchev–Trinajstić information content (AvgIpc) is 1.31. The summed E-state index contributed by atoms with van der Waals surface area (Å²) in [5.74, 6) is 0. The molecule has 64 valence electrons. The molecule has 0 rings (SSSR count). The topological polar surface area (TPSA) is 167 Å². The minimum Gasteiger partial charge on any atom is -0.774 e. The van der Waals surface area contributed by atoms with Crippen molar-refractivity contribution in [3.05, 3.63) is 12.3 Å². The van der Waals surface area contributed by atoms with Crippen LogP contribution in [0.15, 0.2) is 0 Å². The Kier molecular flexibility index (Phi) is 16.5. The normalized spacial score (nSPS) is 12.6. The Hall–Kier alpha value is 0.228. The average molecular weight is 351 g/mol. The van der Waals surface area contributed by atoms with Crippen LogP contribution < -0.4 is 10.00 Å². The molecule has 10 heavy (non-hydrogen) atoms. The molecule has 0 aromatic rings. The van der Waals surface area contributed by atoms with E-state index in [2.05, 4.69) is 0 Å². The fourth-order valence-electron chi connectivity index (χ4n) is 0. The molecule has 0 aliphatic heterocycles. The summed E-state index contributed by atoms with van der Waals surface area (Å²) < 4.78 is 9.25. The van der Waals surface area contributed by atoms with Gasteiger partial charge in [-0.25, -0.2) is 0 Å². The molecule has 0 bridgehead atoms. The maximum absolute atomic E-state index is 9.25. The van der Waals surface area contributed by atoms with Gasteiger partial charge in [-0.05, 0) is 0 Å². The van der Waals surface area contributed by atoms with Crippen LogP contribution in [0.25, 0.3) is 12.3 Å². The molecule has 0 fully saturated rings. The van der Waals surface area contributed by atoms with Crippen molar-refractivity contribution in [2.24, 2.45) is 0 Å². The Labute approximate surface area is 71.4 Å². The van der Waals surface area contributed by atoms with Gasteiger partial charge in [0.25, 0.3) is 0 Å². The number of carboxylic acid groups (broad SMARTS) is 1. The van der Waals surface area contributed by atoms with Gasteiger partial charge in [-0.15, -0.1) is 0 Å². The standard InChI is InChI=1S/CH3O5P.2H2N.Pt/c2-1(3)7(4,5)6;;;/h(H,2,3)(H2,4,5,6);2*1H2;/q;2*-1;+4/p-2. The third kappa shape index (κ3) is 11.1. The summed E-state index contributed by atoms with van der Waals surface area (Å²) in [4.78, 5) is 25.8. The molecule has 0 saturated heterocycles. The predicted octanol–water partition coefficient (Wildman–Crippen LogP) is -0.693. The Morgan fingerprint density at radius 2 is 1.50 bits per heavy atom. The van der Waals surface area contributed by atoms with Gasteiger partial charge in [0.15, 0.2) is 7.60 Å². The zero-order chi connectivity index (χ0) is 6.08. The SMILES string of the molecule is O=C([O-])P(=O)([O-])O.[NH2-].[NH2-].[Pt+4]. The van der Waals surface area contributed by atoms with E-state index in [4.69, 9.17) is 14.8 Å². The van der Waals surface area contributed by atoms with Gasteiger partial charge in [0.1, 0.15) is 5.71 Å². The van der Waals surface area contributed by atoms with Gasteiger partial charge >= 0.3 is 21.1 Å². The number of rotatable bonds is 1. The minimum atomic E-state index is -5.18. The summed E-state index contributed by atoms with van der Waals surface area (Å²) in [7, 11) is -5.18. The van der Waals surface area contributed by atoms with Crippen LogP contribution in [0, 0.1) is 0 Å². The molecule has 0 spiro atoms. The van der Waals surface area contributed by atoms with E-state index in [9.17, 15) is 9.46 Å². The zero-order valence-electron chi connectivity index (χ0n) is 4.50. The maximum Gasteiger partial charge on any atom is 4.00 e. The van der Waals surface area contributed by atoms with E-state index in [0.29, 0.717) is 0 Å². The number of hydrogen-bond donors (Lipinski definition) is 1. The van der Waals surface area contributed by atoms with Crippen LogP contribution in [-0.4, -0.2) is 10.6 Å². The van der Waals surface area contributed by atoms with E-state index < -0.39 is 13.3 Å². The van der Waals surface area contributed by atoms with E-state index in [1.54, 1.807) is 0 Å². The number of carbonyl (C=O) groups is 1. The van der Waals surface area contributed by atoms with Gasteiger partial charge in [0.2, 0.25) is 0 Å². The Morgan fingerprint density at radius 1 is 1.40 bits per heavy atom. The summed E-state index contributed by atoms with van der Waals surface area (Å²) >= 11 is 0.